The van der Waals surface area contributed by atoms with Crippen molar-refractivity contribution >= 4 is 64.2 Å². The molecule has 6 rings (SSSR count). The number of nitriles is 1. The number of hydrogen-bond donors (Lipinski definition) is 0. The number of ether oxygens (including phenoxy) is 3. The third kappa shape index (κ3) is 7.36. The molecular weight excluding hydrogens is 725 g/mol. The number of amides is 2. The molecule has 1 fully saturated rings. The number of nitrogens with zero attached hydrogens (tertiary/aromatic N) is 3. The summed E-state index contributed by atoms with van der Waals surface area (Å²) in [6, 6.07) is 28.8. The molecule has 0 bridgehead atoms. The Kier molecular flexibility index (Phi) is 10.9. The molecule has 13 heteroatoms. The number of imide groups is 1. The maximum atomic E-state index is 13.8. The van der Waals surface area contributed by atoms with Crippen molar-refractivity contribution in [2.75, 3.05) is 25.7 Å². The van der Waals surface area contributed by atoms with Crippen molar-refractivity contribution in [2.24, 2.45) is 0 Å². The summed E-state index contributed by atoms with van der Waals surface area (Å²) in [4.78, 5) is 58.1. The second-order valence-electron chi connectivity index (χ2n) is 11.3. The number of hydrogen-bond acceptors (Lipinski definition) is 10. The standard InChI is InChI=1S/C39H27Cl2N3O7S/c1-49-33-10-6-9-26(36(33)50-2)28-18-31(22-7-4-3-5-8-22)43-37(29(28)20-42)52-34-19-35(46)44(38(34)47)25-14-11-23(12-15-25)39(48)51-21-32(45)27-16-13-24(40)17-30(27)41/h3-18,34H,19,21H2,1-2H3. The van der Waals surface area contributed by atoms with Gasteiger partial charge >= 0.3 is 5.97 Å². The van der Waals surface area contributed by atoms with E-state index in [9.17, 15) is 24.4 Å². The van der Waals surface area contributed by atoms with Crippen molar-refractivity contribution in [3.63, 3.8) is 0 Å². The topological polar surface area (TPSA) is 136 Å². The molecule has 0 radical (unpaired) electrons. The van der Waals surface area contributed by atoms with E-state index in [1.165, 1.54) is 56.7 Å². The molecule has 1 unspecified atom stereocenters. The zero-order valence-electron chi connectivity index (χ0n) is 27.6. The largest absolute Gasteiger partial charge is 0.493 e. The van der Waals surface area contributed by atoms with Crippen LogP contribution < -0.4 is 14.4 Å². The molecule has 1 aliphatic heterocycles. The van der Waals surface area contributed by atoms with Crippen molar-refractivity contribution in [1.82, 2.24) is 4.98 Å². The first-order chi connectivity index (χ1) is 25.1. The van der Waals surface area contributed by atoms with Gasteiger partial charge < -0.3 is 14.2 Å². The molecule has 0 aliphatic carbocycles. The Morgan fingerprint density at radius 3 is 2.35 bits per heavy atom. The summed E-state index contributed by atoms with van der Waals surface area (Å²) in [7, 11) is 3.03. The minimum absolute atomic E-state index is 0.102. The molecule has 1 aliphatic rings. The van der Waals surface area contributed by atoms with E-state index in [0.29, 0.717) is 33.3 Å². The van der Waals surface area contributed by atoms with E-state index in [4.69, 9.17) is 42.4 Å². The fourth-order valence-electron chi connectivity index (χ4n) is 5.64. The molecule has 1 saturated heterocycles. The third-order valence-corrected chi connectivity index (χ3v) is 9.87. The van der Waals surface area contributed by atoms with Crippen LogP contribution in [0.15, 0.2) is 102 Å². The van der Waals surface area contributed by atoms with E-state index >= 15 is 0 Å². The summed E-state index contributed by atoms with van der Waals surface area (Å²) in [6.45, 7) is -0.555. The van der Waals surface area contributed by atoms with Crippen LogP contribution in [0.2, 0.25) is 10.0 Å². The fraction of sp³-hybridized carbons (Fsp3) is 0.128. The monoisotopic (exact) mass is 751 g/mol. The molecule has 0 spiro atoms. The predicted molar refractivity (Wildman–Crippen MR) is 197 cm³/mol. The second-order valence-corrected chi connectivity index (χ2v) is 13.3. The number of rotatable bonds is 11. The van der Waals surface area contributed by atoms with Gasteiger partial charge in [-0.3, -0.25) is 14.4 Å². The number of halogens is 2. The third-order valence-electron chi connectivity index (χ3n) is 8.15. The van der Waals surface area contributed by atoms with Gasteiger partial charge in [0.05, 0.1) is 47.0 Å². The number of carbonyl (C=O) groups excluding carboxylic acids is 4. The van der Waals surface area contributed by atoms with E-state index in [1.807, 2.05) is 30.3 Å². The molecule has 1 aromatic heterocycles. The van der Waals surface area contributed by atoms with Gasteiger partial charge in [-0.15, -0.1) is 0 Å². The second kappa shape index (κ2) is 15.7. The van der Waals surface area contributed by atoms with E-state index < -0.39 is 35.4 Å². The van der Waals surface area contributed by atoms with Gasteiger partial charge in [0.25, 0.3) is 0 Å². The van der Waals surface area contributed by atoms with Gasteiger partial charge in [-0.2, -0.15) is 5.26 Å². The average Bonchev–Trinajstić information content (AvgIpc) is 3.44. The maximum absolute atomic E-state index is 13.8. The van der Waals surface area contributed by atoms with Crippen LogP contribution in [-0.2, 0) is 14.3 Å². The molecule has 0 N–H and O–H groups in total. The smallest absolute Gasteiger partial charge is 0.338 e. The highest BCUT2D eigenvalue weighted by Gasteiger charge is 2.41. The van der Waals surface area contributed by atoms with Crippen molar-refractivity contribution in [3.05, 3.63) is 124 Å². The van der Waals surface area contributed by atoms with Crippen LogP contribution in [0.5, 0.6) is 11.5 Å². The van der Waals surface area contributed by atoms with Crippen molar-refractivity contribution < 1.29 is 33.4 Å². The van der Waals surface area contributed by atoms with Gasteiger partial charge in [0.15, 0.2) is 18.1 Å². The molecule has 4 aromatic carbocycles. The lowest BCUT2D eigenvalue weighted by Crippen LogP contribution is -2.31. The summed E-state index contributed by atoms with van der Waals surface area (Å²) in [6.07, 6.45) is -0.150. The molecule has 52 heavy (non-hydrogen) atoms. The van der Waals surface area contributed by atoms with Crippen molar-refractivity contribution in [1.29, 1.82) is 5.26 Å². The SMILES string of the molecule is COc1cccc(-c2cc(-c3ccccc3)nc(SC3CC(=O)N(c4ccc(C(=O)OCC(=O)c5ccc(Cl)cc5Cl)cc4)C3=O)c2C#N)c1OC. The first-order valence-electron chi connectivity index (χ1n) is 15.6. The summed E-state index contributed by atoms with van der Waals surface area (Å²) in [5.74, 6) is -1.37. The summed E-state index contributed by atoms with van der Waals surface area (Å²) >= 11 is 13.0. The summed E-state index contributed by atoms with van der Waals surface area (Å²) in [5.41, 5.74) is 3.15. The predicted octanol–water partition coefficient (Wildman–Crippen LogP) is 8.08. The summed E-state index contributed by atoms with van der Waals surface area (Å²) in [5, 5.41) is 10.3. The number of benzene rings is 4. The number of ketones is 1. The van der Waals surface area contributed by atoms with Crippen LogP contribution in [-0.4, -0.2) is 54.6 Å². The van der Waals surface area contributed by atoms with Crippen LogP contribution in [0.1, 0.15) is 32.7 Å². The lowest BCUT2D eigenvalue weighted by atomic mass is 9.98. The van der Waals surface area contributed by atoms with E-state index in [1.54, 1.807) is 24.3 Å². The number of esters is 1. The molecule has 0 saturated carbocycles. The van der Waals surface area contributed by atoms with E-state index in [-0.39, 0.29) is 38.8 Å². The molecule has 2 amide bonds. The van der Waals surface area contributed by atoms with Gasteiger partial charge in [0.2, 0.25) is 17.6 Å². The maximum Gasteiger partial charge on any atom is 0.338 e. The fourth-order valence-corrected chi connectivity index (χ4v) is 7.28. The number of anilines is 1. The van der Waals surface area contributed by atoms with Gasteiger partial charge in [0, 0.05) is 33.7 Å². The molecular formula is C39H27Cl2N3O7S. The quantitative estimate of drug-likeness (QED) is 0.0740. The molecule has 5 aromatic rings. The van der Waals surface area contributed by atoms with Crippen LogP contribution in [0.4, 0.5) is 5.69 Å². The number of Topliss-reactive ketones (excluding diaryl/α,β-unsaturated/α-hetero) is 1. The summed E-state index contributed by atoms with van der Waals surface area (Å²) < 4.78 is 16.4. The highest BCUT2D eigenvalue weighted by molar-refractivity contribution is 8.00. The van der Waals surface area contributed by atoms with Gasteiger partial charge in [0.1, 0.15) is 11.1 Å². The first kappa shape index (κ1) is 36.1. The Labute approximate surface area is 312 Å². The number of carbonyl (C=O) groups is 4. The Bertz CT molecular complexity index is 2260. The van der Waals surface area contributed by atoms with Gasteiger partial charge in [-0.1, -0.05) is 77.4 Å². The van der Waals surface area contributed by atoms with Crippen molar-refractivity contribution in [2.45, 2.75) is 16.7 Å². The minimum Gasteiger partial charge on any atom is -0.493 e. The molecule has 2 heterocycles. The van der Waals surface area contributed by atoms with E-state index in [2.05, 4.69) is 6.07 Å². The van der Waals surface area contributed by atoms with Gasteiger partial charge in [-0.05, 0) is 54.6 Å². The number of methoxy groups -OCH3 is 2. The molecule has 10 nitrogen and oxygen atoms in total. The highest BCUT2D eigenvalue weighted by Crippen LogP contribution is 2.44. The van der Waals surface area contributed by atoms with Gasteiger partial charge in [-0.25, -0.2) is 14.7 Å². The van der Waals surface area contributed by atoms with Crippen LogP contribution in [0, 0.1) is 11.3 Å². The van der Waals surface area contributed by atoms with Crippen LogP contribution in [0.25, 0.3) is 22.4 Å². The number of pyridine rings is 1. The zero-order chi connectivity index (χ0) is 36.9. The van der Waals surface area contributed by atoms with Crippen LogP contribution in [0.3, 0.4) is 0 Å². The number of aromatic nitrogens is 1. The number of thioether (sulfide) groups is 1. The minimum atomic E-state index is -0.895. The lowest BCUT2D eigenvalue weighted by molar-refractivity contribution is -0.121. The lowest BCUT2D eigenvalue weighted by Gasteiger charge is -2.18. The molecule has 1 atom stereocenters. The first-order valence-corrected chi connectivity index (χ1v) is 17.3. The number of para-hydroxylation sites is 1. The Hall–Kier alpha value is -5.67. The van der Waals surface area contributed by atoms with Crippen LogP contribution >= 0.6 is 35.0 Å². The average molecular weight is 753 g/mol. The Morgan fingerprint density at radius 2 is 1.67 bits per heavy atom. The Morgan fingerprint density at radius 1 is 0.923 bits per heavy atom. The highest BCUT2D eigenvalue weighted by atomic mass is 35.5. The normalized spacial score (nSPS) is 13.8. The Balaban J connectivity index is 1.24. The zero-order valence-corrected chi connectivity index (χ0v) is 29.9. The van der Waals surface area contributed by atoms with E-state index in [0.717, 1.165) is 22.2 Å². The van der Waals surface area contributed by atoms with Crippen molar-refractivity contribution in [3.8, 4) is 40.0 Å². The molecule has 260 valence electrons.